The third-order valence-electron chi connectivity index (χ3n) is 3.15. The van der Waals surface area contributed by atoms with E-state index in [0.717, 1.165) is 24.8 Å². The van der Waals surface area contributed by atoms with E-state index in [9.17, 15) is 9.18 Å². The topological polar surface area (TPSA) is 17.1 Å². The van der Waals surface area contributed by atoms with Crippen LogP contribution in [0, 0.1) is 11.7 Å². The highest BCUT2D eigenvalue weighted by molar-refractivity contribution is 6.30. The van der Waals surface area contributed by atoms with Gasteiger partial charge in [0.25, 0.3) is 0 Å². The molecule has 1 saturated carbocycles. The maximum Gasteiger partial charge on any atom is 0.141 e. The Balaban J connectivity index is 2.08. The number of benzene rings is 1. The third-order valence-corrected chi connectivity index (χ3v) is 3.44. The van der Waals surface area contributed by atoms with Crippen molar-refractivity contribution in [3.8, 4) is 0 Å². The van der Waals surface area contributed by atoms with E-state index in [2.05, 4.69) is 0 Å². The van der Waals surface area contributed by atoms with Crippen molar-refractivity contribution in [2.24, 2.45) is 5.92 Å². The number of carbonyl (C=O) groups is 1. The first kappa shape index (κ1) is 11.6. The predicted molar refractivity (Wildman–Crippen MR) is 62.1 cm³/mol. The van der Waals surface area contributed by atoms with E-state index < -0.39 is 5.82 Å². The van der Waals surface area contributed by atoms with Crippen molar-refractivity contribution >= 4 is 17.4 Å². The van der Waals surface area contributed by atoms with Crippen LogP contribution in [-0.4, -0.2) is 5.78 Å². The van der Waals surface area contributed by atoms with Crippen molar-refractivity contribution in [2.45, 2.75) is 32.1 Å². The summed E-state index contributed by atoms with van der Waals surface area (Å²) >= 11 is 5.71. The lowest BCUT2D eigenvalue weighted by atomic mass is 9.84. The number of halogens is 2. The van der Waals surface area contributed by atoms with Gasteiger partial charge in [0.15, 0.2) is 0 Å². The van der Waals surface area contributed by atoms with Crippen LogP contribution in [0.25, 0.3) is 0 Å². The van der Waals surface area contributed by atoms with Crippen LogP contribution in [0.3, 0.4) is 0 Å². The van der Waals surface area contributed by atoms with Gasteiger partial charge in [0.1, 0.15) is 11.6 Å². The van der Waals surface area contributed by atoms with Gasteiger partial charge >= 0.3 is 0 Å². The maximum atomic E-state index is 13.0. The zero-order valence-electron chi connectivity index (χ0n) is 9.01. The molecule has 1 aliphatic carbocycles. The molecule has 0 saturated heterocycles. The molecule has 1 unspecified atom stereocenters. The lowest BCUT2D eigenvalue weighted by molar-refractivity contribution is -0.124. The van der Waals surface area contributed by atoms with Gasteiger partial charge in [-0.1, -0.05) is 24.1 Å². The molecule has 1 aliphatic rings. The highest BCUT2D eigenvalue weighted by Crippen LogP contribution is 2.25. The molecule has 1 nitrogen and oxygen atoms in total. The van der Waals surface area contributed by atoms with Crippen LogP contribution in [-0.2, 0) is 11.2 Å². The SMILES string of the molecule is O=C1CCCCC1Cc1ccc(F)c(Cl)c1. The number of hydrogen-bond donors (Lipinski definition) is 0. The summed E-state index contributed by atoms with van der Waals surface area (Å²) in [5.74, 6) is 0.0439. The maximum absolute atomic E-state index is 13.0. The van der Waals surface area contributed by atoms with Crippen LogP contribution in [0.15, 0.2) is 18.2 Å². The second-order valence-electron chi connectivity index (χ2n) is 4.36. The highest BCUT2D eigenvalue weighted by atomic mass is 35.5. The van der Waals surface area contributed by atoms with Crippen molar-refractivity contribution in [1.82, 2.24) is 0 Å². The quantitative estimate of drug-likeness (QED) is 0.769. The molecule has 0 amide bonds. The summed E-state index contributed by atoms with van der Waals surface area (Å²) < 4.78 is 13.0. The molecule has 0 heterocycles. The summed E-state index contributed by atoms with van der Waals surface area (Å²) in [4.78, 5) is 11.6. The summed E-state index contributed by atoms with van der Waals surface area (Å²) in [6.45, 7) is 0. The number of carbonyl (C=O) groups excluding carboxylic acids is 1. The van der Waals surface area contributed by atoms with Crippen molar-refractivity contribution in [3.05, 3.63) is 34.6 Å². The van der Waals surface area contributed by atoms with E-state index in [1.807, 2.05) is 0 Å². The number of hydrogen-bond acceptors (Lipinski definition) is 1. The summed E-state index contributed by atoms with van der Waals surface area (Å²) in [5.41, 5.74) is 0.951. The Morgan fingerprint density at radius 1 is 1.38 bits per heavy atom. The first-order valence-corrected chi connectivity index (χ1v) is 6.01. The van der Waals surface area contributed by atoms with Gasteiger partial charge in [-0.05, 0) is 37.0 Å². The van der Waals surface area contributed by atoms with Crippen LogP contribution in [0.5, 0.6) is 0 Å². The van der Waals surface area contributed by atoms with Gasteiger partial charge in [0.2, 0.25) is 0 Å². The Hall–Kier alpha value is -0.890. The van der Waals surface area contributed by atoms with Gasteiger partial charge < -0.3 is 0 Å². The first-order chi connectivity index (χ1) is 7.66. The Labute approximate surface area is 99.6 Å². The molecule has 0 N–H and O–H groups in total. The van der Waals surface area contributed by atoms with Crippen molar-refractivity contribution in [1.29, 1.82) is 0 Å². The van der Waals surface area contributed by atoms with E-state index in [-0.39, 0.29) is 10.9 Å². The van der Waals surface area contributed by atoms with Gasteiger partial charge in [-0.2, -0.15) is 0 Å². The standard InChI is InChI=1S/C13H14ClFO/c14-11-8-9(5-6-12(11)15)7-10-3-1-2-4-13(10)16/h5-6,8,10H,1-4,7H2. The third kappa shape index (κ3) is 2.62. The zero-order valence-corrected chi connectivity index (χ0v) is 9.77. The molecule has 3 heteroatoms. The smallest absolute Gasteiger partial charge is 0.141 e. The predicted octanol–water partition coefficient (Wildman–Crippen LogP) is 3.78. The van der Waals surface area contributed by atoms with Crippen LogP contribution in [0.4, 0.5) is 4.39 Å². The zero-order chi connectivity index (χ0) is 11.5. The molecule has 0 spiro atoms. The van der Waals surface area contributed by atoms with Gasteiger partial charge in [-0.3, -0.25) is 4.79 Å². The molecule has 0 radical (unpaired) electrons. The molecule has 1 aromatic carbocycles. The van der Waals surface area contributed by atoms with Gasteiger partial charge in [0, 0.05) is 12.3 Å². The number of ketones is 1. The Morgan fingerprint density at radius 3 is 2.88 bits per heavy atom. The summed E-state index contributed by atoms with van der Waals surface area (Å²) in [5, 5.41) is 0.140. The Kier molecular flexibility index (Phi) is 3.59. The molecule has 0 aromatic heterocycles. The van der Waals surface area contributed by atoms with E-state index in [1.165, 1.54) is 6.07 Å². The second-order valence-corrected chi connectivity index (χ2v) is 4.77. The number of Topliss-reactive ketones (excluding diaryl/α,β-unsaturated/α-hetero) is 1. The minimum atomic E-state index is -0.402. The van der Waals surface area contributed by atoms with E-state index >= 15 is 0 Å². The fourth-order valence-electron chi connectivity index (χ4n) is 2.22. The van der Waals surface area contributed by atoms with Crippen molar-refractivity contribution in [2.75, 3.05) is 0 Å². The minimum absolute atomic E-state index is 0.107. The van der Waals surface area contributed by atoms with Gasteiger partial charge in [0.05, 0.1) is 5.02 Å². The van der Waals surface area contributed by atoms with Crippen molar-refractivity contribution < 1.29 is 9.18 Å². The van der Waals surface area contributed by atoms with Gasteiger partial charge in [-0.15, -0.1) is 0 Å². The molecule has 86 valence electrons. The second kappa shape index (κ2) is 4.96. The van der Waals surface area contributed by atoms with E-state index in [4.69, 9.17) is 11.6 Å². The fourth-order valence-corrected chi connectivity index (χ4v) is 2.43. The molecule has 0 aliphatic heterocycles. The normalized spacial score (nSPS) is 21.1. The molecular weight excluding hydrogens is 227 g/mol. The first-order valence-electron chi connectivity index (χ1n) is 5.63. The molecule has 1 aromatic rings. The number of rotatable bonds is 2. The van der Waals surface area contributed by atoms with E-state index in [1.54, 1.807) is 12.1 Å². The van der Waals surface area contributed by atoms with Crippen LogP contribution >= 0.6 is 11.6 Å². The monoisotopic (exact) mass is 240 g/mol. The molecule has 2 rings (SSSR count). The average molecular weight is 241 g/mol. The molecule has 1 fully saturated rings. The molecular formula is C13H14ClFO. The van der Waals surface area contributed by atoms with E-state index in [0.29, 0.717) is 18.6 Å². The minimum Gasteiger partial charge on any atom is -0.299 e. The lowest BCUT2D eigenvalue weighted by Crippen LogP contribution is -2.21. The van der Waals surface area contributed by atoms with Crippen molar-refractivity contribution in [3.63, 3.8) is 0 Å². The van der Waals surface area contributed by atoms with Crippen LogP contribution in [0.1, 0.15) is 31.2 Å². The summed E-state index contributed by atoms with van der Waals surface area (Å²) in [7, 11) is 0. The average Bonchev–Trinajstić information content (AvgIpc) is 2.27. The van der Waals surface area contributed by atoms with Crippen LogP contribution < -0.4 is 0 Å². The highest BCUT2D eigenvalue weighted by Gasteiger charge is 2.22. The molecule has 16 heavy (non-hydrogen) atoms. The molecule has 0 bridgehead atoms. The van der Waals surface area contributed by atoms with Crippen LogP contribution in [0.2, 0.25) is 5.02 Å². The Bertz CT molecular complexity index is 403. The Morgan fingerprint density at radius 2 is 2.19 bits per heavy atom. The molecule has 1 atom stereocenters. The summed E-state index contributed by atoms with van der Waals surface area (Å²) in [6, 6.07) is 4.70. The fraction of sp³-hybridized carbons (Fsp3) is 0.462. The summed E-state index contributed by atoms with van der Waals surface area (Å²) in [6.07, 6.45) is 4.47. The lowest BCUT2D eigenvalue weighted by Gasteiger charge is -2.20. The largest absolute Gasteiger partial charge is 0.299 e. The van der Waals surface area contributed by atoms with Gasteiger partial charge in [-0.25, -0.2) is 4.39 Å².